The van der Waals surface area contributed by atoms with Crippen molar-refractivity contribution < 1.29 is 48.0 Å². The number of aromatic carboxylic acids is 1. The number of nitrogens with one attached hydrogen (secondary N) is 1. The van der Waals surface area contributed by atoms with Crippen LogP contribution in [-0.4, -0.2) is 80.2 Å². The Bertz CT molecular complexity index is 2000. The van der Waals surface area contributed by atoms with Crippen molar-refractivity contribution in [1.29, 1.82) is 0 Å². The zero-order chi connectivity index (χ0) is 39.6. The van der Waals surface area contributed by atoms with Gasteiger partial charge in [-0.25, -0.2) is 9.59 Å². The minimum absolute atomic E-state index is 0.000361. The van der Waals surface area contributed by atoms with Gasteiger partial charge in [-0.3, -0.25) is 14.5 Å². The first-order valence-electron chi connectivity index (χ1n) is 17.5. The minimum atomic E-state index is -1.17. The number of rotatable bonds is 15. The van der Waals surface area contributed by atoms with Crippen molar-refractivity contribution in [2.24, 2.45) is 5.92 Å². The average molecular weight is 774 g/mol. The number of carbonyl (C=O) groups is 4. The minimum Gasteiger partial charge on any atom is -0.496 e. The molecule has 13 nitrogen and oxygen atoms in total. The Labute approximate surface area is 324 Å². The van der Waals surface area contributed by atoms with Crippen LogP contribution in [0.4, 0.5) is 4.79 Å². The second-order valence-corrected chi connectivity index (χ2v) is 13.2. The van der Waals surface area contributed by atoms with Crippen LogP contribution < -0.4 is 29.0 Å². The lowest BCUT2D eigenvalue weighted by atomic mass is 9.96. The summed E-state index contributed by atoms with van der Waals surface area (Å²) in [5.41, 5.74) is 2.52. The van der Waals surface area contributed by atoms with E-state index in [0.717, 1.165) is 10.5 Å². The third kappa shape index (κ3) is 9.60. The smallest absolute Gasteiger partial charge is 0.339 e. The summed E-state index contributed by atoms with van der Waals surface area (Å²) in [7, 11) is 6.00. The van der Waals surface area contributed by atoms with Crippen LogP contribution in [0.25, 0.3) is 0 Å². The molecule has 0 aliphatic carbocycles. The predicted molar refractivity (Wildman–Crippen MR) is 204 cm³/mol. The van der Waals surface area contributed by atoms with Gasteiger partial charge in [-0.1, -0.05) is 54.9 Å². The summed E-state index contributed by atoms with van der Waals surface area (Å²) in [5, 5.41) is 13.2. The molecule has 2 N–H and O–H groups in total. The van der Waals surface area contributed by atoms with Gasteiger partial charge < -0.3 is 39.0 Å². The molecule has 0 bridgehead atoms. The molecule has 4 aromatic carbocycles. The molecule has 0 saturated carbocycles. The Morgan fingerprint density at radius 2 is 1.56 bits per heavy atom. The summed E-state index contributed by atoms with van der Waals surface area (Å²) < 4.78 is 28.2. The molecule has 0 aromatic heterocycles. The number of hydrogen-bond donors (Lipinski definition) is 2. The number of nitrogens with zero attached hydrogens (tertiary/aromatic N) is 2. The van der Waals surface area contributed by atoms with E-state index in [1.54, 1.807) is 42.5 Å². The van der Waals surface area contributed by atoms with E-state index in [1.807, 2.05) is 37.3 Å². The van der Waals surface area contributed by atoms with Crippen LogP contribution in [0.1, 0.15) is 52.0 Å². The third-order valence-electron chi connectivity index (χ3n) is 9.40. The standard InChI is InChI=1S/C41H44ClN3O10/c1-6-33(26-12-14-31(40(48)49)37(18-26)55-24-25-10-8-7-9-11-25)43-41(50)45-23-38(46)44(22-32-35(53-4)19-30(51-2)20-36(32)54-5)21-28(39(45)47)16-27-17-29(42)13-15-34(27)52-3/h7-15,17-20,28,33H,6,16,21-24H2,1-5H3,(H,43,50)(H,48,49)/t28-,33-/m1/s1. The number of imide groups is 1. The maximum Gasteiger partial charge on any atom is 0.339 e. The molecular formula is C41H44ClN3O10. The Morgan fingerprint density at radius 3 is 2.18 bits per heavy atom. The van der Waals surface area contributed by atoms with Crippen molar-refractivity contribution >= 4 is 35.4 Å². The highest BCUT2D eigenvalue weighted by Crippen LogP contribution is 2.36. The topological polar surface area (TPSA) is 153 Å². The summed E-state index contributed by atoms with van der Waals surface area (Å²) >= 11 is 6.35. The van der Waals surface area contributed by atoms with E-state index in [4.69, 9.17) is 35.3 Å². The molecule has 55 heavy (non-hydrogen) atoms. The molecule has 1 saturated heterocycles. The summed E-state index contributed by atoms with van der Waals surface area (Å²) in [6.07, 6.45) is 0.474. The molecule has 1 fully saturated rings. The highest BCUT2D eigenvalue weighted by atomic mass is 35.5. The van der Waals surface area contributed by atoms with Crippen molar-refractivity contribution in [3.63, 3.8) is 0 Å². The average Bonchev–Trinajstić information content (AvgIpc) is 3.31. The maximum absolute atomic E-state index is 14.4. The van der Waals surface area contributed by atoms with Gasteiger partial charge in [-0.05, 0) is 59.9 Å². The second kappa shape index (κ2) is 18.4. The molecule has 1 aliphatic rings. The SMILES string of the molecule is CC[C@@H](NC(=O)N1CC(=O)N(Cc2c(OC)cc(OC)cc2OC)C[C@@H](Cc2cc(Cl)ccc2OC)C1=O)c1ccc(C(=O)O)c(OCc2ccccc2)c1. The number of halogens is 1. The Kier molecular flexibility index (Phi) is 13.5. The van der Waals surface area contributed by atoms with Crippen LogP contribution in [-0.2, 0) is 29.2 Å². The zero-order valence-electron chi connectivity index (χ0n) is 31.3. The number of carboxylic acid groups (broad SMARTS) is 1. The van der Waals surface area contributed by atoms with E-state index < -0.39 is 42.3 Å². The number of ether oxygens (including phenoxy) is 5. The molecule has 290 valence electrons. The maximum atomic E-state index is 14.4. The summed E-state index contributed by atoms with van der Waals surface area (Å²) in [6.45, 7) is 1.36. The molecular weight excluding hydrogens is 730 g/mol. The van der Waals surface area contributed by atoms with Gasteiger partial charge in [0.25, 0.3) is 0 Å². The van der Waals surface area contributed by atoms with Gasteiger partial charge in [0.1, 0.15) is 47.5 Å². The number of methoxy groups -OCH3 is 4. The number of benzene rings is 4. The van der Waals surface area contributed by atoms with E-state index in [0.29, 0.717) is 51.1 Å². The number of hydrogen-bond acceptors (Lipinski definition) is 9. The summed E-state index contributed by atoms with van der Waals surface area (Å²) in [5.74, 6) is -1.20. The first kappa shape index (κ1) is 40.2. The van der Waals surface area contributed by atoms with Gasteiger partial charge in [0.15, 0.2) is 0 Å². The highest BCUT2D eigenvalue weighted by molar-refractivity contribution is 6.30. The van der Waals surface area contributed by atoms with Crippen molar-refractivity contribution in [2.75, 3.05) is 41.5 Å². The molecule has 1 aliphatic heterocycles. The van der Waals surface area contributed by atoms with Crippen LogP contribution in [0.3, 0.4) is 0 Å². The molecule has 4 amide bonds. The number of amides is 4. The molecule has 0 unspecified atom stereocenters. The van der Waals surface area contributed by atoms with E-state index >= 15 is 0 Å². The predicted octanol–water partition coefficient (Wildman–Crippen LogP) is 6.54. The Hall–Kier alpha value is -5.95. The fraction of sp³-hybridized carbons (Fsp3) is 0.317. The zero-order valence-corrected chi connectivity index (χ0v) is 32.1. The fourth-order valence-corrected chi connectivity index (χ4v) is 6.68. The first-order valence-corrected chi connectivity index (χ1v) is 17.9. The van der Waals surface area contributed by atoms with Gasteiger partial charge in [0, 0.05) is 23.7 Å². The van der Waals surface area contributed by atoms with Gasteiger partial charge >= 0.3 is 12.0 Å². The van der Waals surface area contributed by atoms with Gasteiger partial charge in [0.05, 0.1) is 52.5 Å². The molecule has 0 radical (unpaired) electrons. The molecule has 5 rings (SSSR count). The monoisotopic (exact) mass is 773 g/mol. The largest absolute Gasteiger partial charge is 0.496 e. The molecule has 1 heterocycles. The van der Waals surface area contributed by atoms with Gasteiger partial charge in [-0.15, -0.1) is 0 Å². The van der Waals surface area contributed by atoms with E-state index in [2.05, 4.69) is 5.32 Å². The van der Waals surface area contributed by atoms with E-state index in [9.17, 15) is 24.3 Å². The van der Waals surface area contributed by atoms with E-state index in [-0.39, 0.29) is 37.4 Å². The van der Waals surface area contributed by atoms with Crippen LogP contribution in [0.5, 0.6) is 28.7 Å². The van der Waals surface area contributed by atoms with Gasteiger partial charge in [0.2, 0.25) is 11.8 Å². The second-order valence-electron chi connectivity index (χ2n) is 12.8. The molecule has 14 heteroatoms. The Morgan fingerprint density at radius 1 is 0.873 bits per heavy atom. The van der Waals surface area contributed by atoms with Crippen molar-refractivity contribution in [2.45, 2.75) is 39.0 Å². The molecule has 4 aromatic rings. The van der Waals surface area contributed by atoms with Crippen molar-refractivity contribution in [3.8, 4) is 28.7 Å². The lowest BCUT2D eigenvalue weighted by Crippen LogP contribution is -2.48. The summed E-state index contributed by atoms with van der Waals surface area (Å²) in [4.78, 5) is 57.1. The van der Waals surface area contributed by atoms with Crippen LogP contribution >= 0.6 is 11.6 Å². The number of carboxylic acids is 1. The molecule has 2 atom stereocenters. The number of urea groups is 1. The van der Waals surface area contributed by atoms with Crippen molar-refractivity contribution in [1.82, 2.24) is 15.1 Å². The third-order valence-corrected chi connectivity index (χ3v) is 9.64. The highest BCUT2D eigenvalue weighted by Gasteiger charge is 2.39. The first-order chi connectivity index (χ1) is 26.5. The van der Waals surface area contributed by atoms with Crippen LogP contribution in [0, 0.1) is 5.92 Å². The molecule has 0 spiro atoms. The van der Waals surface area contributed by atoms with Crippen molar-refractivity contribution in [3.05, 3.63) is 112 Å². The fourth-order valence-electron chi connectivity index (χ4n) is 6.49. The summed E-state index contributed by atoms with van der Waals surface area (Å²) in [6, 6.07) is 20.8. The van der Waals surface area contributed by atoms with Gasteiger partial charge in [-0.2, -0.15) is 0 Å². The lowest BCUT2D eigenvalue weighted by molar-refractivity contribution is -0.135. The van der Waals surface area contributed by atoms with Crippen LogP contribution in [0.2, 0.25) is 5.02 Å². The Balaban J connectivity index is 1.46. The lowest BCUT2D eigenvalue weighted by Gasteiger charge is -2.26. The normalized spacial score (nSPS) is 14.8. The quantitative estimate of drug-likeness (QED) is 0.136. The van der Waals surface area contributed by atoms with Crippen LogP contribution in [0.15, 0.2) is 78.9 Å². The van der Waals surface area contributed by atoms with E-state index in [1.165, 1.54) is 39.4 Å². The number of carbonyl (C=O) groups excluding carboxylic acids is 3.